The maximum Gasteiger partial charge on any atom is 0.0833 e. The molecule has 1 N–H and O–H groups in total. The number of hydrogen-bond donors (Lipinski definition) is 1. The summed E-state index contributed by atoms with van der Waals surface area (Å²) in [6, 6.07) is 8.84. The van der Waals surface area contributed by atoms with E-state index in [4.69, 9.17) is 0 Å². The molecule has 0 aliphatic carbocycles. The highest BCUT2D eigenvalue weighted by molar-refractivity contribution is 5.82. The zero-order chi connectivity index (χ0) is 11.0. The molecule has 0 fully saturated rings. The highest BCUT2D eigenvalue weighted by Crippen LogP contribution is 2.25. The summed E-state index contributed by atoms with van der Waals surface area (Å²) in [6.45, 7) is 6.48. The van der Waals surface area contributed by atoms with E-state index in [9.17, 15) is 5.11 Å². The van der Waals surface area contributed by atoms with E-state index >= 15 is 0 Å². The van der Waals surface area contributed by atoms with Crippen molar-refractivity contribution < 1.29 is 5.11 Å². The van der Waals surface area contributed by atoms with Gasteiger partial charge in [-0.3, -0.25) is 0 Å². The van der Waals surface area contributed by atoms with Crippen molar-refractivity contribution in [2.75, 3.05) is 0 Å². The lowest BCUT2D eigenvalue weighted by Crippen LogP contribution is -2.05. The van der Waals surface area contributed by atoms with E-state index in [1.54, 1.807) is 0 Å². The van der Waals surface area contributed by atoms with Crippen molar-refractivity contribution in [1.82, 2.24) is 4.57 Å². The Labute approximate surface area is 90.2 Å². The normalized spacial score (nSPS) is 11.5. The molecule has 0 spiro atoms. The lowest BCUT2D eigenvalue weighted by Gasteiger charge is -2.13. The van der Waals surface area contributed by atoms with Gasteiger partial charge >= 0.3 is 0 Å². The van der Waals surface area contributed by atoms with Gasteiger partial charge in [-0.05, 0) is 43.9 Å². The lowest BCUT2D eigenvalue weighted by atomic mass is 10.2. The molecule has 2 heteroatoms. The molecule has 0 aliphatic rings. The van der Waals surface area contributed by atoms with Gasteiger partial charge in [-0.1, -0.05) is 12.1 Å². The van der Waals surface area contributed by atoms with E-state index < -0.39 is 0 Å². The Bertz CT molecular complexity index is 482. The molecule has 2 nitrogen and oxygen atoms in total. The standard InChI is InChI=1S/C13H17NO/c1-9(2)14-12(8-15)7-11-5-4-10(3)6-13(11)14/h4-7,9,15H,8H2,1-3H3. The molecule has 0 unspecified atom stereocenters. The summed E-state index contributed by atoms with van der Waals surface area (Å²) in [4.78, 5) is 0. The van der Waals surface area contributed by atoms with Crippen molar-refractivity contribution >= 4 is 10.9 Å². The highest BCUT2D eigenvalue weighted by atomic mass is 16.3. The summed E-state index contributed by atoms with van der Waals surface area (Å²) < 4.78 is 2.20. The number of aliphatic hydroxyl groups is 1. The van der Waals surface area contributed by atoms with Crippen LogP contribution in [0, 0.1) is 6.92 Å². The van der Waals surface area contributed by atoms with Crippen molar-refractivity contribution in [3.05, 3.63) is 35.5 Å². The first-order valence-corrected chi connectivity index (χ1v) is 5.35. The van der Waals surface area contributed by atoms with E-state index in [0.717, 1.165) is 5.69 Å². The zero-order valence-corrected chi connectivity index (χ0v) is 9.49. The Morgan fingerprint density at radius 2 is 2.00 bits per heavy atom. The zero-order valence-electron chi connectivity index (χ0n) is 9.49. The molecule has 80 valence electrons. The summed E-state index contributed by atoms with van der Waals surface area (Å²) in [5, 5.41) is 10.5. The number of rotatable bonds is 2. The van der Waals surface area contributed by atoms with Gasteiger partial charge in [0.05, 0.1) is 6.61 Å². The molecule has 0 atom stereocenters. The summed E-state index contributed by atoms with van der Waals surface area (Å²) in [5.74, 6) is 0. The molecule has 1 heterocycles. The van der Waals surface area contributed by atoms with Crippen LogP contribution in [0.2, 0.25) is 0 Å². The quantitative estimate of drug-likeness (QED) is 0.797. The minimum atomic E-state index is 0.103. The number of benzene rings is 1. The molecule has 2 aromatic rings. The van der Waals surface area contributed by atoms with Crippen LogP contribution < -0.4 is 0 Å². The van der Waals surface area contributed by atoms with Gasteiger partial charge in [-0.2, -0.15) is 0 Å². The van der Waals surface area contributed by atoms with Crippen LogP contribution in [0.1, 0.15) is 31.1 Å². The first-order valence-electron chi connectivity index (χ1n) is 5.35. The van der Waals surface area contributed by atoms with E-state index in [0.29, 0.717) is 6.04 Å². The van der Waals surface area contributed by atoms with Gasteiger partial charge in [-0.15, -0.1) is 0 Å². The SMILES string of the molecule is Cc1ccc2cc(CO)n(C(C)C)c2c1. The van der Waals surface area contributed by atoms with Crippen molar-refractivity contribution in [2.45, 2.75) is 33.4 Å². The third-order valence-corrected chi connectivity index (χ3v) is 2.76. The molecule has 15 heavy (non-hydrogen) atoms. The summed E-state index contributed by atoms with van der Waals surface area (Å²) >= 11 is 0. The molecule has 2 rings (SSSR count). The first kappa shape index (κ1) is 10.2. The second kappa shape index (κ2) is 3.70. The first-order chi connectivity index (χ1) is 7.13. The molecule has 0 aliphatic heterocycles. The maximum atomic E-state index is 9.32. The van der Waals surface area contributed by atoms with Gasteiger partial charge < -0.3 is 9.67 Å². The van der Waals surface area contributed by atoms with Gasteiger partial charge in [0.2, 0.25) is 0 Å². The van der Waals surface area contributed by atoms with Crippen LogP contribution in [0.25, 0.3) is 10.9 Å². The Balaban J connectivity index is 2.76. The van der Waals surface area contributed by atoms with Gasteiger partial charge in [0.25, 0.3) is 0 Å². The summed E-state index contributed by atoms with van der Waals surface area (Å²) in [7, 11) is 0. The second-order valence-corrected chi connectivity index (χ2v) is 4.32. The Morgan fingerprint density at radius 1 is 1.27 bits per heavy atom. The van der Waals surface area contributed by atoms with Crippen LogP contribution in [0.4, 0.5) is 0 Å². The minimum absolute atomic E-state index is 0.103. The van der Waals surface area contributed by atoms with Crippen molar-refractivity contribution in [3.8, 4) is 0 Å². The molecule has 1 aromatic carbocycles. The summed E-state index contributed by atoms with van der Waals surface area (Å²) in [6.07, 6.45) is 0. The number of aromatic nitrogens is 1. The number of hydrogen-bond acceptors (Lipinski definition) is 1. The predicted molar refractivity (Wildman–Crippen MR) is 63.0 cm³/mol. The number of aliphatic hydroxyl groups excluding tert-OH is 1. The van der Waals surface area contributed by atoms with E-state index in [1.165, 1.54) is 16.5 Å². The second-order valence-electron chi connectivity index (χ2n) is 4.32. The third kappa shape index (κ3) is 1.65. The van der Waals surface area contributed by atoms with Gasteiger partial charge in [0, 0.05) is 17.3 Å². The minimum Gasteiger partial charge on any atom is -0.390 e. The topological polar surface area (TPSA) is 25.2 Å². The Hall–Kier alpha value is -1.28. The maximum absolute atomic E-state index is 9.32. The molecule has 0 radical (unpaired) electrons. The van der Waals surface area contributed by atoms with Crippen LogP contribution in [0.15, 0.2) is 24.3 Å². The number of aryl methyl sites for hydroxylation is 1. The van der Waals surface area contributed by atoms with Gasteiger partial charge in [0.15, 0.2) is 0 Å². The number of fused-ring (bicyclic) bond motifs is 1. The Kier molecular flexibility index (Phi) is 2.53. The molecule has 0 saturated heterocycles. The van der Waals surface area contributed by atoms with E-state index in [-0.39, 0.29) is 6.61 Å². The smallest absolute Gasteiger partial charge is 0.0833 e. The van der Waals surface area contributed by atoms with Crippen LogP contribution in [-0.4, -0.2) is 9.67 Å². The van der Waals surface area contributed by atoms with Crippen LogP contribution in [0.3, 0.4) is 0 Å². The molecule has 0 amide bonds. The molecular weight excluding hydrogens is 186 g/mol. The molecule has 0 saturated carbocycles. The summed E-state index contributed by atoms with van der Waals surface area (Å²) in [5.41, 5.74) is 3.46. The highest BCUT2D eigenvalue weighted by Gasteiger charge is 2.10. The lowest BCUT2D eigenvalue weighted by molar-refractivity contribution is 0.269. The van der Waals surface area contributed by atoms with Crippen molar-refractivity contribution in [3.63, 3.8) is 0 Å². The fourth-order valence-electron chi connectivity index (χ4n) is 2.12. The predicted octanol–water partition coefficient (Wildman–Crippen LogP) is 3.02. The third-order valence-electron chi connectivity index (χ3n) is 2.76. The van der Waals surface area contributed by atoms with Gasteiger partial charge in [-0.25, -0.2) is 0 Å². The Morgan fingerprint density at radius 3 is 2.60 bits per heavy atom. The molecule has 1 aromatic heterocycles. The molecule has 0 bridgehead atoms. The fourth-order valence-corrected chi connectivity index (χ4v) is 2.12. The monoisotopic (exact) mass is 203 g/mol. The van der Waals surface area contributed by atoms with Crippen LogP contribution in [-0.2, 0) is 6.61 Å². The van der Waals surface area contributed by atoms with Crippen LogP contribution in [0.5, 0.6) is 0 Å². The average molecular weight is 203 g/mol. The van der Waals surface area contributed by atoms with E-state index in [2.05, 4.69) is 49.6 Å². The van der Waals surface area contributed by atoms with Crippen molar-refractivity contribution in [1.29, 1.82) is 0 Å². The van der Waals surface area contributed by atoms with Gasteiger partial charge in [0.1, 0.15) is 0 Å². The van der Waals surface area contributed by atoms with Crippen molar-refractivity contribution in [2.24, 2.45) is 0 Å². The largest absolute Gasteiger partial charge is 0.390 e. The van der Waals surface area contributed by atoms with Crippen LogP contribution >= 0.6 is 0 Å². The number of nitrogens with zero attached hydrogens (tertiary/aromatic N) is 1. The average Bonchev–Trinajstić information content (AvgIpc) is 2.55. The molecular formula is C13H17NO. The fraction of sp³-hybridized carbons (Fsp3) is 0.385. The van der Waals surface area contributed by atoms with E-state index in [1.807, 2.05) is 0 Å².